The Morgan fingerprint density at radius 3 is 2.95 bits per heavy atom. The molecule has 20 heavy (non-hydrogen) atoms. The van der Waals surface area contributed by atoms with E-state index in [2.05, 4.69) is 10.3 Å². The summed E-state index contributed by atoms with van der Waals surface area (Å²) in [7, 11) is -3.31. The monoisotopic (exact) mass is 297 g/mol. The first kappa shape index (κ1) is 14.9. The van der Waals surface area contributed by atoms with Gasteiger partial charge in [-0.2, -0.15) is 4.31 Å². The summed E-state index contributed by atoms with van der Waals surface area (Å²) in [4.78, 5) is 16.2. The lowest BCUT2D eigenvalue weighted by atomic mass is 10.2. The summed E-state index contributed by atoms with van der Waals surface area (Å²) in [5.74, 6) is -0.219. The summed E-state index contributed by atoms with van der Waals surface area (Å²) < 4.78 is 24.4. The molecular formula is C13H19N3O3S. The summed E-state index contributed by atoms with van der Waals surface area (Å²) >= 11 is 0. The molecule has 1 aromatic heterocycles. The number of carbonyl (C=O) groups excluding carboxylic acids is 1. The second-order valence-electron chi connectivity index (χ2n) is 4.89. The zero-order valence-electron chi connectivity index (χ0n) is 11.4. The predicted octanol–water partition coefficient (Wildman–Crippen LogP) is 0.164. The van der Waals surface area contributed by atoms with E-state index in [4.69, 9.17) is 0 Å². The highest BCUT2D eigenvalue weighted by Crippen LogP contribution is 2.20. The van der Waals surface area contributed by atoms with E-state index in [1.165, 1.54) is 4.31 Å². The lowest BCUT2D eigenvalue weighted by Gasteiger charge is -2.21. The standard InChI is InChI=1S/C13H19N3O3S/c1-20(18,19)16-10-4-6-12(16)13(17)15-9-7-11-5-2-3-8-14-11/h2-3,5,8,12H,4,6-7,9-10H2,1H3,(H,15,17)/t12-/m1/s1. The van der Waals surface area contributed by atoms with Gasteiger partial charge in [-0.05, 0) is 25.0 Å². The van der Waals surface area contributed by atoms with Crippen LogP contribution >= 0.6 is 0 Å². The van der Waals surface area contributed by atoms with Gasteiger partial charge < -0.3 is 5.32 Å². The van der Waals surface area contributed by atoms with E-state index in [0.717, 1.165) is 18.4 Å². The maximum absolute atomic E-state index is 12.1. The molecule has 6 nitrogen and oxygen atoms in total. The van der Waals surface area contributed by atoms with Crippen LogP contribution < -0.4 is 5.32 Å². The van der Waals surface area contributed by atoms with Crippen LogP contribution in [0.2, 0.25) is 0 Å². The van der Waals surface area contributed by atoms with Crippen LogP contribution in [0, 0.1) is 0 Å². The summed E-state index contributed by atoms with van der Waals surface area (Å²) in [5.41, 5.74) is 0.902. The van der Waals surface area contributed by atoms with Gasteiger partial charge in [-0.3, -0.25) is 9.78 Å². The average Bonchev–Trinajstić information content (AvgIpc) is 2.89. The zero-order chi connectivity index (χ0) is 14.6. The number of aromatic nitrogens is 1. The Balaban J connectivity index is 1.86. The Kier molecular flexibility index (Phi) is 4.72. The molecule has 0 unspecified atom stereocenters. The van der Waals surface area contributed by atoms with Gasteiger partial charge in [0, 0.05) is 31.4 Å². The van der Waals surface area contributed by atoms with Crippen LogP contribution in [0.5, 0.6) is 0 Å². The number of amides is 1. The molecule has 1 aromatic rings. The van der Waals surface area contributed by atoms with Gasteiger partial charge in [0.2, 0.25) is 15.9 Å². The van der Waals surface area contributed by atoms with Crippen LogP contribution in [0.1, 0.15) is 18.5 Å². The van der Waals surface area contributed by atoms with Crippen LogP contribution in [0.15, 0.2) is 24.4 Å². The van der Waals surface area contributed by atoms with Gasteiger partial charge in [-0.25, -0.2) is 8.42 Å². The van der Waals surface area contributed by atoms with Crippen LogP contribution in [0.4, 0.5) is 0 Å². The molecule has 110 valence electrons. The van der Waals surface area contributed by atoms with Gasteiger partial charge in [0.05, 0.1) is 6.26 Å². The summed E-state index contributed by atoms with van der Waals surface area (Å²) in [5, 5.41) is 2.79. The van der Waals surface area contributed by atoms with Crippen molar-refractivity contribution in [2.75, 3.05) is 19.3 Å². The normalized spacial score (nSPS) is 19.9. The number of nitrogens with zero attached hydrogens (tertiary/aromatic N) is 2. The van der Waals surface area contributed by atoms with E-state index >= 15 is 0 Å². The van der Waals surface area contributed by atoms with Gasteiger partial charge in [0.1, 0.15) is 6.04 Å². The topological polar surface area (TPSA) is 79.4 Å². The van der Waals surface area contributed by atoms with Gasteiger partial charge in [-0.1, -0.05) is 6.07 Å². The fraction of sp³-hybridized carbons (Fsp3) is 0.538. The third kappa shape index (κ3) is 3.77. The van der Waals surface area contributed by atoms with E-state index < -0.39 is 16.1 Å². The lowest BCUT2D eigenvalue weighted by molar-refractivity contribution is -0.124. The molecule has 0 aromatic carbocycles. The van der Waals surface area contributed by atoms with Crippen LogP contribution in [0.25, 0.3) is 0 Å². The van der Waals surface area contributed by atoms with E-state index in [0.29, 0.717) is 25.9 Å². The molecule has 0 bridgehead atoms. The molecule has 0 radical (unpaired) electrons. The average molecular weight is 297 g/mol. The van der Waals surface area contributed by atoms with Gasteiger partial charge in [-0.15, -0.1) is 0 Å². The highest BCUT2D eigenvalue weighted by Gasteiger charge is 2.36. The Hall–Kier alpha value is -1.47. The van der Waals surface area contributed by atoms with Gasteiger partial charge >= 0.3 is 0 Å². The molecule has 1 aliphatic heterocycles. The largest absolute Gasteiger partial charge is 0.354 e. The zero-order valence-corrected chi connectivity index (χ0v) is 12.3. The van der Waals surface area contributed by atoms with Crippen molar-refractivity contribution in [2.45, 2.75) is 25.3 Å². The highest BCUT2D eigenvalue weighted by molar-refractivity contribution is 7.88. The first-order valence-corrected chi connectivity index (χ1v) is 8.48. The fourth-order valence-corrected chi connectivity index (χ4v) is 3.50. The molecule has 2 heterocycles. The molecule has 0 aliphatic carbocycles. The number of pyridine rings is 1. The van der Waals surface area contributed by atoms with E-state index in [1.807, 2.05) is 18.2 Å². The Morgan fingerprint density at radius 2 is 2.30 bits per heavy atom. The second-order valence-corrected chi connectivity index (χ2v) is 6.83. The van der Waals surface area contributed by atoms with Crippen molar-refractivity contribution in [3.05, 3.63) is 30.1 Å². The molecule has 1 fully saturated rings. The van der Waals surface area contributed by atoms with Crippen LogP contribution in [0.3, 0.4) is 0 Å². The maximum atomic E-state index is 12.1. The van der Waals surface area contributed by atoms with Gasteiger partial charge in [0.15, 0.2) is 0 Å². The molecule has 1 aliphatic rings. The Bertz CT molecular complexity index is 559. The number of nitrogens with one attached hydrogen (secondary N) is 1. The van der Waals surface area contributed by atoms with Crippen molar-refractivity contribution in [3.63, 3.8) is 0 Å². The Morgan fingerprint density at radius 1 is 1.50 bits per heavy atom. The van der Waals surface area contributed by atoms with Crippen molar-refractivity contribution >= 4 is 15.9 Å². The van der Waals surface area contributed by atoms with Crippen LogP contribution in [-0.4, -0.2) is 49.0 Å². The molecule has 1 atom stereocenters. The van der Waals surface area contributed by atoms with E-state index in [-0.39, 0.29) is 5.91 Å². The number of carbonyl (C=O) groups is 1. The number of hydrogen-bond donors (Lipinski definition) is 1. The number of rotatable bonds is 5. The summed E-state index contributed by atoms with van der Waals surface area (Å²) in [6, 6.07) is 5.07. The first-order valence-electron chi connectivity index (χ1n) is 6.63. The Labute approximate surface area is 119 Å². The molecule has 7 heteroatoms. The number of hydrogen-bond acceptors (Lipinski definition) is 4. The quantitative estimate of drug-likeness (QED) is 0.840. The lowest BCUT2D eigenvalue weighted by Crippen LogP contribution is -2.45. The maximum Gasteiger partial charge on any atom is 0.238 e. The molecule has 1 amide bonds. The third-order valence-corrected chi connectivity index (χ3v) is 4.63. The van der Waals surface area contributed by atoms with E-state index in [1.54, 1.807) is 6.20 Å². The first-order chi connectivity index (χ1) is 9.48. The summed E-state index contributed by atoms with van der Waals surface area (Å²) in [6.07, 6.45) is 4.80. The highest BCUT2D eigenvalue weighted by atomic mass is 32.2. The molecule has 0 saturated carbocycles. The summed E-state index contributed by atoms with van der Waals surface area (Å²) in [6.45, 7) is 0.890. The van der Waals surface area contributed by atoms with Crippen LogP contribution in [-0.2, 0) is 21.2 Å². The fourth-order valence-electron chi connectivity index (χ4n) is 2.38. The van der Waals surface area contributed by atoms with Crippen molar-refractivity contribution in [1.82, 2.24) is 14.6 Å². The minimum atomic E-state index is -3.31. The number of sulfonamides is 1. The van der Waals surface area contributed by atoms with Crippen molar-refractivity contribution in [1.29, 1.82) is 0 Å². The molecule has 2 rings (SSSR count). The van der Waals surface area contributed by atoms with Gasteiger partial charge in [0.25, 0.3) is 0 Å². The molecule has 0 spiro atoms. The molecule has 1 saturated heterocycles. The SMILES string of the molecule is CS(=O)(=O)N1CCC[C@@H]1C(=O)NCCc1ccccn1. The van der Waals surface area contributed by atoms with Crippen molar-refractivity contribution in [2.24, 2.45) is 0 Å². The smallest absolute Gasteiger partial charge is 0.238 e. The minimum Gasteiger partial charge on any atom is -0.354 e. The second kappa shape index (κ2) is 6.32. The minimum absolute atomic E-state index is 0.219. The molecular weight excluding hydrogens is 278 g/mol. The predicted molar refractivity (Wildman–Crippen MR) is 75.5 cm³/mol. The van der Waals surface area contributed by atoms with Crippen molar-refractivity contribution < 1.29 is 13.2 Å². The molecule has 1 N–H and O–H groups in total. The third-order valence-electron chi connectivity index (χ3n) is 3.34. The van der Waals surface area contributed by atoms with Crippen molar-refractivity contribution in [3.8, 4) is 0 Å². The van der Waals surface area contributed by atoms with E-state index in [9.17, 15) is 13.2 Å².